The van der Waals surface area contributed by atoms with E-state index in [1.165, 1.54) is 6.42 Å². The highest BCUT2D eigenvalue weighted by molar-refractivity contribution is 5.83. The van der Waals surface area contributed by atoms with Crippen LogP contribution < -0.4 is 0 Å². The first kappa shape index (κ1) is 17.9. The molecule has 3 rings (SSSR count). The van der Waals surface area contributed by atoms with Gasteiger partial charge >= 0.3 is 5.97 Å². The number of carbonyl (C=O) groups is 2. The fourth-order valence-electron chi connectivity index (χ4n) is 4.21. The van der Waals surface area contributed by atoms with E-state index in [0.717, 1.165) is 38.0 Å². The number of hydrogen-bond donors (Lipinski definition) is 1. The first-order valence-electron chi connectivity index (χ1n) is 9.37. The van der Waals surface area contributed by atoms with Crippen molar-refractivity contribution < 1.29 is 14.7 Å². The van der Waals surface area contributed by atoms with Crippen LogP contribution in [-0.4, -0.2) is 53.0 Å². The Balaban J connectivity index is 1.88. The van der Waals surface area contributed by atoms with Gasteiger partial charge in [0.1, 0.15) is 6.04 Å². The number of carbonyl (C=O) groups excluding carboxylic acids is 1. The molecule has 0 aliphatic carbocycles. The zero-order chi connectivity index (χ0) is 17.8. The third-order valence-electron chi connectivity index (χ3n) is 5.42. The molecule has 0 aromatic heterocycles. The maximum absolute atomic E-state index is 13.3. The smallest absolute Gasteiger partial charge is 0.307 e. The van der Waals surface area contributed by atoms with Gasteiger partial charge in [0.25, 0.3) is 0 Å². The van der Waals surface area contributed by atoms with Crippen LogP contribution in [0.25, 0.3) is 0 Å². The minimum atomic E-state index is -0.756. The average molecular weight is 344 g/mol. The third-order valence-corrected chi connectivity index (χ3v) is 5.42. The van der Waals surface area contributed by atoms with Gasteiger partial charge in [-0.25, -0.2) is 0 Å². The molecule has 1 N–H and O–H groups in total. The largest absolute Gasteiger partial charge is 0.481 e. The maximum atomic E-state index is 13.3. The van der Waals surface area contributed by atoms with E-state index < -0.39 is 11.9 Å². The van der Waals surface area contributed by atoms with E-state index >= 15 is 0 Å². The predicted octanol–water partition coefficient (Wildman–Crippen LogP) is 2.78. The lowest BCUT2D eigenvalue weighted by Crippen LogP contribution is -2.50. The van der Waals surface area contributed by atoms with Crippen molar-refractivity contribution in [3.8, 4) is 0 Å². The highest BCUT2D eigenvalue weighted by atomic mass is 16.4. The Labute approximate surface area is 149 Å². The van der Waals surface area contributed by atoms with E-state index in [0.29, 0.717) is 13.0 Å². The number of aliphatic carboxylic acids is 1. The van der Waals surface area contributed by atoms with E-state index in [-0.39, 0.29) is 17.9 Å². The summed E-state index contributed by atoms with van der Waals surface area (Å²) in [6, 6.07) is 9.46. The normalized spacial score (nSPS) is 26.2. The first-order chi connectivity index (χ1) is 12.1. The van der Waals surface area contributed by atoms with Crippen LogP contribution in [0.5, 0.6) is 0 Å². The van der Waals surface area contributed by atoms with Gasteiger partial charge in [-0.2, -0.15) is 0 Å². The number of nitrogens with zero attached hydrogens (tertiary/aromatic N) is 2. The Kier molecular flexibility index (Phi) is 5.74. The van der Waals surface area contributed by atoms with Gasteiger partial charge in [0.2, 0.25) is 5.91 Å². The third kappa shape index (κ3) is 4.21. The Morgan fingerprint density at radius 1 is 1.08 bits per heavy atom. The second kappa shape index (κ2) is 8.00. The monoisotopic (exact) mass is 344 g/mol. The molecule has 2 saturated heterocycles. The van der Waals surface area contributed by atoms with Gasteiger partial charge in [-0.05, 0) is 37.2 Å². The van der Waals surface area contributed by atoms with Crippen LogP contribution in [0.15, 0.2) is 30.3 Å². The number of piperidine rings is 2. The quantitative estimate of drug-likeness (QED) is 0.912. The molecule has 2 fully saturated rings. The molecule has 0 spiro atoms. The van der Waals surface area contributed by atoms with Gasteiger partial charge in [-0.15, -0.1) is 0 Å². The Morgan fingerprint density at radius 3 is 2.40 bits per heavy atom. The second-order valence-corrected chi connectivity index (χ2v) is 7.53. The summed E-state index contributed by atoms with van der Waals surface area (Å²) >= 11 is 0. The van der Waals surface area contributed by atoms with Gasteiger partial charge in [-0.3, -0.25) is 14.5 Å². The minimum absolute atomic E-state index is 0.129. The Morgan fingerprint density at radius 2 is 1.76 bits per heavy atom. The lowest BCUT2D eigenvalue weighted by molar-refractivity contribution is -0.148. The average Bonchev–Trinajstić information content (AvgIpc) is 2.63. The highest BCUT2D eigenvalue weighted by Crippen LogP contribution is 2.31. The van der Waals surface area contributed by atoms with Crippen molar-refractivity contribution in [3.05, 3.63) is 35.9 Å². The molecule has 2 aliphatic rings. The number of rotatable bonds is 4. The van der Waals surface area contributed by atoms with Crippen molar-refractivity contribution in [1.29, 1.82) is 0 Å². The Bertz CT molecular complexity index is 598. The van der Waals surface area contributed by atoms with E-state index in [1.807, 2.05) is 35.2 Å². The van der Waals surface area contributed by atoms with Crippen molar-refractivity contribution in [3.63, 3.8) is 0 Å². The van der Waals surface area contributed by atoms with Crippen LogP contribution in [0, 0.1) is 11.8 Å². The number of hydrogen-bond acceptors (Lipinski definition) is 3. The van der Waals surface area contributed by atoms with Crippen molar-refractivity contribution in [2.75, 3.05) is 26.2 Å². The minimum Gasteiger partial charge on any atom is -0.481 e. The summed E-state index contributed by atoms with van der Waals surface area (Å²) in [5.41, 5.74) is 0.969. The van der Waals surface area contributed by atoms with Crippen LogP contribution >= 0.6 is 0 Å². The molecular formula is C20H28N2O3. The van der Waals surface area contributed by atoms with Gasteiger partial charge < -0.3 is 10.0 Å². The van der Waals surface area contributed by atoms with Crippen LogP contribution in [0.2, 0.25) is 0 Å². The molecule has 3 unspecified atom stereocenters. The SMILES string of the molecule is CC1CC(C(=O)O)CN(C(C(=O)N2CCCCC2)c2ccccc2)C1. The van der Waals surface area contributed by atoms with Gasteiger partial charge in [0.05, 0.1) is 5.92 Å². The van der Waals surface area contributed by atoms with E-state index in [2.05, 4.69) is 11.8 Å². The fraction of sp³-hybridized carbons (Fsp3) is 0.600. The Hall–Kier alpha value is -1.88. The number of likely N-dealkylation sites (tertiary alicyclic amines) is 2. The molecule has 5 nitrogen and oxygen atoms in total. The maximum Gasteiger partial charge on any atom is 0.307 e. The van der Waals surface area contributed by atoms with Crippen molar-refractivity contribution in [2.45, 2.75) is 38.6 Å². The number of benzene rings is 1. The molecular weight excluding hydrogens is 316 g/mol. The molecule has 2 aliphatic heterocycles. The summed E-state index contributed by atoms with van der Waals surface area (Å²) in [4.78, 5) is 28.9. The zero-order valence-electron chi connectivity index (χ0n) is 14.9. The predicted molar refractivity (Wildman–Crippen MR) is 96.1 cm³/mol. The summed E-state index contributed by atoms with van der Waals surface area (Å²) in [6.07, 6.45) is 3.98. The molecule has 0 radical (unpaired) electrons. The summed E-state index contributed by atoms with van der Waals surface area (Å²) in [7, 11) is 0. The molecule has 136 valence electrons. The van der Waals surface area contributed by atoms with Crippen molar-refractivity contribution in [2.24, 2.45) is 11.8 Å². The number of amides is 1. The van der Waals surface area contributed by atoms with Crippen LogP contribution in [0.4, 0.5) is 0 Å². The second-order valence-electron chi connectivity index (χ2n) is 7.53. The fourth-order valence-corrected chi connectivity index (χ4v) is 4.21. The van der Waals surface area contributed by atoms with Gasteiger partial charge in [0, 0.05) is 26.2 Å². The van der Waals surface area contributed by atoms with Gasteiger partial charge in [-0.1, -0.05) is 37.3 Å². The lowest BCUT2D eigenvalue weighted by atomic mass is 9.88. The molecule has 1 amide bonds. The van der Waals surface area contributed by atoms with Crippen LogP contribution in [0.1, 0.15) is 44.2 Å². The molecule has 1 aromatic rings. The van der Waals surface area contributed by atoms with E-state index in [1.54, 1.807) is 0 Å². The molecule has 0 saturated carbocycles. The molecule has 2 heterocycles. The molecule has 1 aromatic carbocycles. The van der Waals surface area contributed by atoms with E-state index in [9.17, 15) is 14.7 Å². The molecule has 5 heteroatoms. The van der Waals surface area contributed by atoms with Crippen molar-refractivity contribution >= 4 is 11.9 Å². The highest BCUT2D eigenvalue weighted by Gasteiger charge is 2.38. The molecule has 0 bridgehead atoms. The van der Waals surface area contributed by atoms with E-state index in [4.69, 9.17) is 0 Å². The molecule has 3 atom stereocenters. The van der Waals surface area contributed by atoms with Crippen LogP contribution in [-0.2, 0) is 9.59 Å². The standard InChI is InChI=1S/C20H28N2O3/c1-15-12-17(20(24)25)14-22(13-15)18(16-8-4-2-5-9-16)19(23)21-10-6-3-7-11-21/h2,4-5,8-9,15,17-18H,3,6-7,10-14H2,1H3,(H,24,25). The first-order valence-corrected chi connectivity index (χ1v) is 9.37. The lowest BCUT2D eigenvalue weighted by Gasteiger charge is -2.41. The van der Waals surface area contributed by atoms with Gasteiger partial charge in [0.15, 0.2) is 0 Å². The summed E-state index contributed by atoms with van der Waals surface area (Å²) < 4.78 is 0. The molecule has 25 heavy (non-hydrogen) atoms. The topological polar surface area (TPSA) is 60.9 Å². The summed E-state index contributed by atoms with van der Waals surface area (Å²) in [6.45, 7) is 4.92. The van der Waals surface area contributed by atoms with Crippen molar-refractivity contribution in [1.82, 2.24) is 9.80 Å². The number of carboxylic acid groups (broad SMARTS) is 1. The summed E-state index contributed by atoms with van der Waals surface area (Å²) in [5, 5.41) is 9.49. The zero-order valence-corrected chi connectivity index (χ0v) is 14.9. The number of carboxylic acids is 1. The summed E-state index contributed by atoms with van der Waals surface area (Å²) in [5.74, 6) is -0.753. The van der Waals surface area contributed by atoms with Crippen LogP contribution in [0.3, 0.4) is 0 Å².